The first-order valence-corrected chi connectivity index (χ1v) is 9.98. The average Bonchev–Trinajstić information content (AvgIpc) is 2.78. The van der Waals surface area contributed by atoms with Crippen LogP contribution in [0.2, 0.25) is 0 Å². The van der Waals surface area contributed by atoms with Crippen LogP contribution in [0.25, 0.3) is 12.2 Å². The van der Waals surface area contributed by atoms with Gasteiger partial charge in [0.05, 0.1) is 26.9 Å². The molecule has 3 aromatic carbocycles. The van der Waals surface area contributed by atoms with Gasteiger partial charge >= 0.3 is 0 Å². The molecule has 0 saturated carbocycles. The number of methoxy groups -OCH3 is 3. The van der Waals surface area contributed by atoms with Gasteiger partial charge in [-0.2, -0.15) is 0 Å². The molecule has 3 rings (SSSR count). The number of nitrogens with one attached hydrogen (secondary N) is 1. The summed E-state index contributed by atoms with van der Waals surface area (Å²) in [5.74, 6) is 1.54. The second-order valence-electron chi connectivity index (χ2n) is 6.36. The van der Waals surface area contributed by atoms with Crippen LogP contribution in [0.1, 0.15) is 21.5 Å². The Morgan fingerprint density at radius 3 is 2.10 bits per heavy atom. The van der Waals surface area contributed by atoms with Crippen molar-refractivity contribution in [3.63, 3.8) is 0 Å². The molecule has 0 unspecified atom stereocenters. The fourth-order valence-corrected chi connectivity index (χ4v) is 3.16. The number of amides is 1. The first kappa shape index (κ1) is 21.5. The van der Waals surface area contributed by atoms with Gasteiger partial charge in [0.15, 0.2) is 0 Å². The lowest BCUT2D eigenvalue weighted by molar-refractivity contribution is 0.102. The summed E-state index contributed by atoms with van der Waals surface area (Å²) < 4.78 is 17.0. The van der Waals surface area contributed by atoms with Crippen LogP contribution in [0.4, 0.5) is 5.69 Å². The summed E-state index contributed by atoms with van der Waals surface area (Å²) in [4.78, 5) is 13.1. The van der Waals surface area contributed by atoms with E-state index in [1.165, 1.54) is 7.11 Å². The Bertz CT molecular complexity index is 1040. The molecule has 0 aliphatic carbocycles. The smallest absolute Gasteiger partial charge is 0.260 e. The summed E-state index contributed by atoms with van der Waals surface area (Å²) >= 11 is 3.40. The van der Waals surface area contributed by atoms with Crippen LogP contribution in [0.3, 0.4) is 0 Å². The van der Waals surface area contributed by atoms with E-state index >= 15 is 0 Å². The molecule has 0 aromatic heterocycles. The van der Waals surface area contributed by atoms with Gasteiger partial charge in [-0.05, 0) is 53.6 Å². The molecule has 3 aromatic rings. The number of anilines is 1. The van der Waals surface area contributed by atoms with E-state index in [1.807, 2.05) is 60.7 Å². The molecule has 6 heteroatoms. The molecule has 0 fully saturated rings. The molecule has 0 radical (unpaired) electrons. The normalized spacial score (nSPS) is 10.7. The first-order chi connectivity index (χ1) is 14.5. The Kier molecular flexibility index (Phi) is 7.14. The van der Waals surface area contributed by atoms with E-state index in [2.05, 4.69) is 21.2 Å². The molecule has 5 nitrogen and oxygen atoms in total. The highest BCUT2D eigenvalue weighted by Gasteiger charge is 2.18. The van der Waals surface area contributed by atoms with Crippen molar-refractivity contribution in [3.05, 3.63) is 81.8 Å². The number of carbonyl (C=O) groups is 1. The van der Waals surface area contributed by atoms with E-state index in [0.717, 1.165) is 15.8 Å². The van der Waals surface area contributed by atoms with E-state index in [1.54, 1.807) is 26.4 Å². The molecule has 154 valence electrons. The second kappa shape index (κ2) is 9.98. The third kappa shape index (κ3) is 5.21. The van der Waals surface area contributed by atoms with E-state index in [0.29, 0.717) is 28.3 Å². The van der Waals surface area contributed by atoms with Crippen molar-refractivity contribution in [1.82, 2.24) is 0 Å². The quantitative estimate of drug-likeness (QED) is 0.439. The number of halogens is 1. The van der Waals surface area contributed by atoms with Crippen LogP contribution < -0.4 is 19.5 Å². The van der Waals surface area contributed by atoms with Crippen molar-refractivity contribution in [2.45, 2.75) is 0 Å². The predicted molar refractivity (Wildman–Crippen MR) is 124 cm³/mol. The number of carbonyl (C=O) groups excluding carboxylic acids is 1. The van der Waals surface area contributed by atoms with Crippen LogP contribution >= 0.6 is 15.9 Å². The highest BCUT2D eigenvalue weighted by molar-refractivity contribution is 9.10. The third-order valence-electron chi connectivity index (χ3n) is 4.46. The van der Waals surface area contributed by atoms with Crippen molar-refractivity contribution in [2.75, 3.05) is 26.6 Å². The Labute approximate surface area is 184 Å². The maximum atomic E-state index is 13.1. The number of benzene rings is 3. The molecular weight excluding hydrogens is 446 g/mol. The maximum absolute atomic E-state index is 13.1. The van der Waals surface area contributed by atoms with Crippen LogP contribution in [0.5, 0.6) is 17.2 Å². The molecule has 0 aliphatic heterocycles. The number of rotatable bonds is 7. The predicted octanol–water partition coefficient (Wildman–Crippen LogP) is 5.90. The first-order valence-electron chi connectivity index (χ1n) is 9.19. The van der Waals surface area contributed by atoms with Crippen molar-refractivity contribution in [2.24, 2.45) is 0 Å². The number of hydrogen-bond acceptors (Lipinski definition) is 4. The minimum absolute atomic E-state index is 0.272. The number of hydrogen-bond donors (Lipinski definition) is 1. The molecule has 30 heavy (non-hydrogen) atoms. The molecule has 0 aliphatic rings. The zero-order valence-electron chi connectivity index (χ0n) is 16.9. The summed E-state index contributed by atoms with van der Waals surface area (Å²) in [6.07, 6.45) is 3.79. The van der Waals surface area contributed by atoms with Crippen LogP contribution in [0, 0.1) is 0 Å². The monoisotopic (exact) mass is 467 g/mol. The van der Waals surface area contributed by atoms with Crippen molar-refractivity contribution < 1.29 is 19.0 Å². The Morgan fingerprint density at radius 2 is 1.50 bits per heavy atom. The zero-order valence-corrected chi connectivity index (χ0v) is 18.5. The van der Waals surface area contributed by atoms with Crippen LogP contribution in [0.15, 0.2) is 65.1 Å². The summed E-state index contributed by atoms with van der Waals surface area (Å²) in [6, 6.07) is 18.5. The van der Waals surface area contributed by atoms with E-state index in [-0.39, 0.29) is 5.91 Å². The molecule has 1 N–H and O–H groups in total. The lowest BCUT2D eigenvalue weighted by Gasteiger charge is -2.14. The lowest BCUT2D eigenvalue weighted by Crippen LogP contribution is -2.15. The van der Waals surface area contributed by atoms with Gasteiger partial charge in [0.1, 0.15) is 17.2 Å². The van der Waals surface area contributed by atoms with Gasteiger partial charge in [0, 0.05) is 16.2 Å². The SMILES string of the molecule is COc1ccc(/C=C/c2cc(OC)cc(OC)c2C(=O)Nc2ccc(Br)cc2)cc1. The summed E-state index contributed by atoms with van der Waals surface area (Å²) in [6.45, 7) is 0. The van der Waals surface area contributed by atoms with Crippen molar-refractivity contribution in [3.8, 4) is 17.2 Å². The largest absolute Gasteiger partial charge is 0.497 e. The molecule has 0 heterocycles. The molecule has 0 atom stereocenters. The molecule has 0 bridgehead atoms. The van der Waals surface area contributed by atoms with Crippen LogP contribution in [-0.4, -0.2) is 27.2 Å². The van der Waals surface area contributed by atoms with Crippen molar-refractivity contribution in [1.29, 1.82) is 0 Å². The van der Waals surface area contributed by atoms with E-state index in [9.17, 15) is 4.79 Å². The zero-order chi connectivity index (χ0) is 21.5. The summed E-state index contributed by atoms with van der Waals surface area (Å²) in [5.41, 5.74) is 2.76. The molecule has 0 saturated heterocycles. The van der Waals surface area contributed by atoms with E-state index in [4.69, 9.17) is 14.2 Å². The second-order valence-corrected chi connectivity index (χ2v) is 7.28. The topological polar surface area (TPSA) is 56.8 Å². The van der Waals surface area contributed by atoms with Crippen molar-refractivity contribution >= 4 is 39.7 Å². The highest BCUT2D eigenvalue weighted by atomic mass is 79.9. The Balaban J connectivity index is 1.98. The molecular formula is C24H22BrNO4. The minimum Gasteiger partial charge on any atom is -0.497 e. The standard InChI is InChI=1S/C24H22BrNO4/c1-28-20-12-5-16(6-13-20)4-7-17-14-21(29-2)15-22(30-3)23(17)24(27)26-19-10-8-18(25)9-11-19/h4-15H,1-3H3,(H,26,27)/b7-4+. The Morgan fingerprint density at radius 1 is 0.833 bits per heavy atom. The third-order valence-corrected chi connectivity index (χ3v) is 4.99. The summed E-state index contributed by atoms with van der Waals surface area (Å²) in [5, 5.41) is 2.92. The van der Waals surface area contributed by atoms with E-state index < -0.39 is 0 Å². The van der Waals surface area contributed by atoms with Gasteiger partial charge in [-0.3, -0.25) is 4.79 Å². The van der Waals surface area contributed by atoms with Gasteiger partial charge in [0.2, 0.25) is 0 Å². The minimum atomic E-state index is -0.272. The molecule has 0 spiro atoms. The Hall–Kier alpha value is -3.25. The summed E-state index contributed by atoms with van der Waals surface area (Å²) in [7, 11) is 4.74. The van der Waals surface area contributed by atoms with Gasteiger partial charge < -0.3 is 19.5 Å². The van der Waals surface area contributed by atoms with Crippen LogP contribution in [-0.2, 0) is 0 Å². The van der Waals surface area contributed by atoms with Gasteiger partial charge in [-0.15, -0.1) is 0 Å². The molecule has 1 amide bonds. The highest BCUT2D eigenvalue weighted by Crippen LogP contribution is 2.31. The fraction of sp³-hybridized carbons (Fsp3) is 0.125. The maximum Gasteiger partial charge on any atom is 0.260 e. The van der Waals surface area contributed by atoms with Gasteiger partial charge in [-0.1, -0.05) is 40.2 Å². The lowest BCUT2D eigenvalue weighted by atomic mass is 10.0. The fourth-order valence-electron chi connectivity index (χ4n) is 2.89. The van der Waals surface area contributed by atoms with Gasteiger partial charge in [0.25, 0.3) is 5.91 Å². The number of ether oxygens (including phenoxy) is 3. The van der Waals surface area contributed by atoms with Gasteiger partial charge in [-0.25, -0.2) is 0 Å². The average molecular weight is 468 g/mol.